The molecule has 148 valence electrons. The summed E-state index contributed by atoms with van der Waals surface area (Å²) in [7, 11) is 0. The monoisotopic (exact) mass is 466 g/mol. The van der Waals surface area contributed by atoms with Crippen LogP contribution in [0.3, 0.4) is 0 Å². The molecule has 2 rings (SSSR count). The third kappa shape index (κ3) is 7.63. The van der Waals surface area contributed by atoms with Crippen LogP contribution < -0.4 is 0 Å². The highest BCUT2D eigenvalue weighted by atomic mass is 127. The molecule has 25 heavy (non-hydrogen) atoms. The van der Waals surface area contributed by atoms with Crippen molar-refractivity contribution < 1.29 is 9.50 Å². The van der Waals surface area contributed by atoms with E-state index < -0.39 is 5.67 Å². The van der Waals surface area contributed by atoms with Crippen molar-refractivity contribution in [2.45, 2.75) is 114 Å². The smallest absolute Gasteiger partial charge is 0.105 e. The van der Waals surface area contributed by atoms with Gasteiger partial charge in [0.15, 0.2) is 0 Å². The van der Waals surface area contributed by atoms with E-state index >= 15 is 0 Å². The minimum absolute atomic E-state index is 0.0405. The lowest BCUT2D eigenvalue weighted by molar-refractivity contribution is 0.0759. The molecule has 1 unspecified atom stereocenters. The Kier molecular flexibility index (Phi) is 8.07. The predicted molar refractivity (Wildman–Crippen MR) is 114 cm³/mol. The van der Waals surface area contributed by atoms with Gasteiger partial charge < -0.3 is 5.11 Å². The van der Waals surface area contributed by atoms with Gasteiger partial charge >= 0.3 is 0 Å². The first kappa shape index (κ1) is 21.9. The highest BCUT2D eigenvalue weighted by molar-refractivity contribution is 14.1. The second-order valence-corrected chi connectivity index (χ2v) is 12.2. The van der Waals surface area contributed by atoms with Gasteiger partial charge in [-0.15, -0.1) is 0 Å². The lowest BCUT2D eigenvalue weighted by Gasteiger charge is -2.35. The summed E-state index contributed by atoms with van der Waals surface area (Å²) in [6.45, 7) is 8.08. The Morgan fingerprint density at radius 2 is 1.72 bits per heavy atom. The van der Waals surface area contributed by atoms with E-state index in [1.807, 2.05) is 0 Å². The zero-order valence-electron chi connectivity index (χ0n) is 16.9. The van der Waals surface area contributed by atoms with E-state index in [2.05, 4.69) is 36.4 Å². The summed E-state index contributed by atoms with van der Waals surface area (Å²) in [5.41, 5.74) is -0.434. The summed E-state index contributed by atoms with van der Waals surface area (Å²) >= 11 is 2.57. The molecule has 0 spiro atoms. The summed E-state index contributed by atoms with van der Waals surface area (Å²) in [5.74, 6) is 2.26. The van der Waals surface area contributed by atoms with Crippen LogP contribution in [0.1, 0.15) is 98.3 Å². The van der Waals surface area contributed by atoms with Crippen molar-refractivity contribution >= 4 is 22.6 Å². The van der Waals surface area contributed by atoms with E-state index in [1.165, 1.54) is 44.9 Å². The molecule has 0 aromatic carbocycles. The molecule has 0 aromatic rings. The molecular formula is C22H40FIO. The fraction of sp³-hybridized carbons (Fsp3) is 1.00. The van der Waals surface area contributed by atoms with E-state index in [0.717, 1.165) is 35.0 Å². The Morgan fingerprint density at radius 3 is 2.20 bits per heavy atom. The molecule has 2 aliphatic rings. The molecule has 0 bridgehead atoms. The number of hydrogen-bond donors (Lipinski definition) is 1. The minimum atomic E-state index is -1.03. The Morgan fingerprint density at radius 1 is 1.12 bits per heavy atom. The molecule has 2 aliphatic carbocycles. The fourth-order valence-electron chi connectivity index (χ4n) is 5.20. The molecule has 0 heterocycles. The maximum Gasteiger partial charge on any atom is 0.105 e. The van der Waals surface area contributed by atoms with Crippen LogP contribution in [0.15, 0.2) is 0 Å². The molecule has 0 aromatic heterocycles. The van der Waals surface area contributed by atoms with E-state index in [1.54, 1.807) is 13.8 Å². The number of halogens is 2. The number of rotatable bonds is 10. The standard InChI is InChI=1S/C22H40FIO/c1-16(9-10-21(3,4)23)13-18(14-17(2)24)15-22(11-12-22)19-5-7-20(25)8-6-19/h16-20,25H,5-15H2,1-4H3/t16?,17-,18+,19?,20?/m1/s1. The minimum Gasteiger partial charge on any atom is -0.393 e. The van der Waals surface area contributed by atoms with Gasteiger partial charge in [-0.25, -0.2) is 4.39 Å². The predicted octanol–water partition coefficient (Wildman–Crippen LogP) is 7.09. The fourth-order valence-corrected chi connectivity index (χ4v) is 5.92. The zero-order valence-corrected chi connectivity index (χ0v) is 19.0. The van der Waals surface area contributed by atoms with Crippen molar-refractivity contribution in [1.82, 2.24) is 0 Å². The van der Waals surface area contributed by atoms with Gasteiger partial charge in [0.05, 0.1) is 6.10 Å². The Labute approximate surface area is 169 Å². The summed E-state index contributed by atoms with van der Waals surface area (Å²) in [6.07, 6.45) is 12.9. The second kappa shape index (κ2) is 9.21. The average molecular weight is 466 g/mol. The molecule has 0 aliphatic heterocycles. The van der Waals surface area contributed by atoms with Gasteiger partial charge in [-0.05, 0) is 108 Å². The van der Waals surface area contributed by atoms with Gasteiger partial charge in [-0.1, -0.05) is 36.4 Å². The normalized spacial score (nSPS) is 29.9. The Hall–Kier alpha value is 0.620. The molecule has 0 saturated heterocycles. The van der Waals surface area contributed by atoms with E-state index in [9.17, 15) is 9.50 Å². The van der Waals surface area contributed by atoms with Gasteiger partial charge in [0.2, 0.25) is 0 Å². The lowest BCUT2D eigenvalue weighted by Crippen LogP contribution is -2.28. The first-order valence-electron chi connectivity index (χ1n) is 10.6. The maximum atomic E-state index is 13.8. The SMILES string of the molecule is CC(CCC(C)(C)F)C[C@@H](C[C@@H](C)I)CC1(C2CCC(O)CC2)CC1. The summed E-state index contributed by atoms with van der Waals surface area (Å²) in [4.78, 5) is 0. The maximum absolute atomic E-state index is 13.8. The first-order chi connectivity index (χ1) is 11.6. The Bertz CT molecular complexity index is 391. The van der Waals surface area contributed by atoms with Crippen molar-refractivity contribution in [3.8, 4) is 0 Å². The molecule has 0 amide bonds. The first-order valence-corrected chi connectivity index (χ1v) is 11.9. The van der Waals surface area contributed by atoms with E-state index in [-0.39, 0.29) is 6.10 Å². The van der Waals surface area contributed by atoms with Crippen molar-refractivity contribution in [3.05, 3.63) is 0 Å². The number of hydrogen-bond acceptors (Lipinski definition) is 1. The Balaban J connectivity index is 1.88. The van der Waals surface area contributed by atoms with Gasteiger partial charge in [0, 0.05) is 3.92 Å². The van der Waals surface area contributed by atoms with Crippen LogP contribution in [0.4, 0.5) is 4.39 Å². The molecule has 3 atom stereocenters. The third-order valence-corrected chi connectivity index (χ3v) is 7.28. The molecule has 2 saturated carbocycles. The van der Waals surface area contributed by atoms with Crippen molar-refractivity contribution in [2.24, 2.45) is 23.2 Å². The quantitative estimate of drug-likeness (QED) is 0.269. The lowest BCUT2D eigenvalue weighted by atomic mass is 9.71. The number of alkyl halides is 2. The number of aliphatic hydroxyl groups is 1. The van der Waals surface area contributed by atoms with Crippen LogP contribution in [0, 0.1) is 23.2 Å². The molecule has 1 N–H and O–H groups in total. The average Bonchev–Trinajstić information content (AvgIpc) is 3.25. The van der Waals surface area contributed by atoms with E-state index in [0.29, 0.717) is 17.8 Å². The van der Waals surface area contributed by atoms with Gasteiger partial charge in [-0.3, -0.25) is 0 Å². The highest BCUT2D eigenvalue weighted by Gasteiger charge is 2.50. The third-order valence-electron chi connectivity index (χ3n) is 6.78. The van der Waals surface area contributed by atoms with Gasteiger partial charge in [0.25, 0.3) is 0 Å². The van der Waals surface area contributed by atoms with Gasteiger partial charge in [-0.2, -0.15) is 0 Å². The van der Waals surface area contributed by atoms with Crippen molar-refractivity contribution in [3.63, 3.8) is 0 Å². The topological polar surface area (TPSA) is 20.2 Å². The largest absolute Gasteiger partial charge is 0.393 e. The van der Waals surface area contributed by atoms with Crippen LogP contribution in [0.25, 0.3) is 0 Å². The van der Waals surface area contributed by atoms with Crippen LogP contribution in [-0.2, 0) is 0 Å². The van der Waals surface area contributed by atoms with Crippen molar-refractivity contribution in [2.75, 3.05) is 0 Å². The van der Waals surface area contributed by atoms with Gasteiger partial charge in [0.1, 0.15) is 5.67 Å². The second-order valence-electron chi connectivity index (χ2n) is 10.1. The summed E-state index contributed by atoms with van der Waals surface area (Å²) in [5, 5.41) is 9.83. The number of aliphatic hydroxyl groups excluding tert-OH is 1. The summed E-state index contributed by atoms with van der Waals surface area (Å²) in [6, 6.07) is 0. The molecule has 1 nitrogen and oxygen atoms in total. The van der Waals surface area contributed by atoms with E-state index in [4.69, 9.17) is 0 Å². The van der Waals surface area contributed by atoms with Crippen LogP contribution in [-0.4, -0.2) is 20.8 Å². The van der Waals surface area contributed by atoms with Crippen LogP contribution >= 0.6 is 22.6 Å². The zero-order chi connectivity index (χ0) is 18.7. The van der Waals surface area contributed by atoms with Crippen LogP contribution in [0.2, 0.25) is 0 Å². The molecule has 0 radical (unpaired) electrons. The summed E-state index contributed by atoms with van der Waals surface area (Å²) < 4.78 is 14.5. The molecule has 2 fully saturated rings. The molecule has 3 heteroatoms. The highest BCUT2D eigenvalue weighted by Crippen LogP contribution is 2.60. The molecular weight excluding hydrogens is 426 g/mol. The van der Waals surface area contributed by atoms with Crippen molar-refractivity contribution in [1.29, 1.82) is 0 Å². The van der Waals surface area contributed by atoms with Crippen LogP contribution in [0.5, 0.6) is 0 Å².